The van der Waals surface area contributed by atoms with Crippen LogP contribution in [-0.4, -0.2) is 55.0 Å². The molecule has 2 atom stereocenters. The number of likely N-dealkylation sites (N-methyl/N-ethyl adjacent to an activating group) is 1. The molecular weight excluding hydrogens is 425 g/mol. The smallest absolute Gasteiger partial charge is 0.243 e. The molecule has 1 rings (SSSR count). The van der Waals surface area contributed by atoms with Crippen LogP contribution in [0.3, 0.4) is 0 Å². The van der Waals surface area contributed by atoms with E-state index in [-0.39, 0.29) is 36.4 Å². The van der Waals surface area contributed by atoms with Gasteiger partial charge in [-0.15, -0.1) is 35.3 Å². The monoisotopic (exact) mass is 453 g/mol. The van der Waals surface area contributed by atoms with Crippen LogP contribution in [0.1, 0.15) is 38.1 Å². The van der Waals surface area contributed by atoms with Crippen molar-refractivity contribution in [2.45, 2.75) is 39.2 Å². The van der Waals surface area contributed by atoms with Crippen LogP contribution in [0.15, 0.2) is 16.6 Å². The van der Waals surface area contributed by atoms with Gasteiger partial charge in [0.2, 0.25) is 5.91 Å². The van der Waals surface area contributed by atoms with E-state index in [1.54, 1.807) is 30.3 Å². The fourth-order valence-corrected chi connectivity index (χ4v) is 2.29. The van der Waals surface area contributed by atoms with Crippen molar-refractivity contribution >= 4 is 47.2 Å². The number of aliphatic imine (C=N–C) groups is 1. The Morgan fingerprint density at radius 1 is 1.43 bits per heavy atom. The highest BCUT2D eigenvalue weighted by atomic mass is 127. The first-order chi connectivity index (χ1) is 10.4. The minimum Gasteiger partial charge on any atom is -0.356 e. The molecule has 8 heteroatoms. The third-order valence-electron chi connectivity index (χ3n) is 3.32. The maximum absolute atomic E-state index is 11.7. The van der Waals surface area contributed by atoms with Gasteiger partial charge >= 0.3 is 0 Å². The summed E-state index contributed by atoms with van der Waals surface area (Å²) in [6, 6.07) is 0.302. The molecule has 2 unspecified atom stereocenters. The topological polar surface area (TPSA) is 69.6 Å². The number of carbonyl (C=O) groups excluding carboxylic acids is 1. The average molecular weight is 453 g/mol. The number of nitrogens with zero attached hydrogens (tertiary/aromatic N) is 3. The van der Waals surface area contributed by atoms with Gasteiger partial charge in [-0.3, -0.25) is 4.79 Å². The first kappa shape index (κ1) is 22.1. The number of aromatic nitrogens is 1. The molecule has 0 aliphatic carbocycles. The molecule has 0 radical (unpaired) electrons. The average Bonchev–Trinajstić information content (AvgIpc) is 3.03. The maximum Gasteiger partial charge on any atom is 0.243 e. The number of halogens is 1. The van der Waals surface area contributed by atoms with Gasteiger partial charge < -0.3 is 15.5 Å². The van der Waals surface area contributed by atoms with Crippen LogP contribution in [0, 0.1) is 0 Å². The Labute approximate surface area is 160 Å². The van der Waals surface area contributed by atoms with Gasteiger partial charge in [0.1, 0.15) is 6.54 Å². The molecule has 0 spiro atoms. The SMILES string of the molecule is CCC(C)NC(=NCC(=O)N(C)C)NCC(C)c1nccs1.I. The molecule has 0 fully saturated rings. The van der Waals surface area contributed by atoms with Crippen molar-refractivity contribution in [2.75, 3.05) is 27.2 Å². The molecule has 1 heterocycles. The molecule has 0 saturated heterocycles. The summed E-state index contributed by atoms with van der Waals surface area (Å²) in [5.74, 6) is 0.958. The molecule has 1 aromatic heterocycles. The lowest BCUT2D eigenvalue weighted by molar-refractivity contribution is -0.127. The highest BCUT2D eigenvalue weighted by Crippen LogP contribution is 2.16. The Balaban J connectivity index is 0.00000484. The van der Waals surface area contributed by atoms with Gasteiger partial charge in [-0.2, -0.15) is 0 Å². The number of thiazole rings is 1. The molecule has 1 amide bonds. The molecule has 2 N–H and O–H groups in total. The standard InChI is InChI=1S/C15H27N5OS.HI/c1-6-12(3)19-15(18-10-13(21)20(4)5)17-9-11(2)14-16-7-8-22-14;/h7-8,11-12H,6,9-10H2,1-5H3,(H2,17,18,19);1H. The highest BCUT2D eigenvalue weighted by molar-refractivity contribution is 14.0. The Hall–Kier alpha value is -0.900. The number of hydrogen-bond acceptors (Lipinski definition) is 4. The van der Waals surface area contributed by atoms with Gasteiger partial charge in [0.05, 0.1) is 5.01 Å². The van der Waals surface area contributed by atoms with Crippen molar-refractivity contribution in [1.29, 1.82) is 0 Å². The summed E-state index contributed by atoms with van der Waals surface area (Å²) < 4.78 is 0. The minimum absolute atomic E-state index is 0. The Morgan fingerprint density at radius 3 is 2.65 bits per heavy atom. The van der Waals surface area contributed by atoms with Crippen LogP contribution in [0.25, 0.3) is 0 Å². The lowest BCUT2D eigenvalue weighted by Crippen LogP contribution is -2.44. The lowest BCUT2D eigenvalue weighted by Gasteiger charge is -2.19. The van der Waals surface area contributed by atoms with Crippen molar-refractivity contribution in [3.05, 3.63) is 16.6 Å². The van der Waals surface area contributed by atoms with Crippen molar-refractivity contribution in [1.82, 2.24) is 20.5 Å². The molecule has 6 nitrogen and oxygen atoms in total. The normalized spacial score (nSPS) is 13.7. The van der Waals surface area contributed by atoms with Crippen LogP contribution < -0.4 is 10.6 Å². The minimum atomic E-state index is -0.0155. The highest BCUT2D eigenvalue weighted by Gasteiger charge is 2.11. The van der Waals surface area contributed by atoms with E-state index in [4.69, 9.17) is 0 Å². The fraction of sp³-hybridized carbons (Fsp3) is 0.667. The molecule has 0 aliphatic rings. The maximum atomic E-state index is 11.7. The Morgan fingerprint density at radius 2 is 2.13 bits per heavy atom. The number of rotatable bonds is 7. The second kappa shape index (κ2) is 11.6. The molecule has 23 heavy (non-hydrogen) atoms. The van der Waals surface area contributed by atoms with E-state index in [1.165, 1.54) is 0 Å². The second-order valence-electron chi connectivity index (χ2n) is 5.56. The predicted octanol–water partition coefficient (Wildman–Crippen LogP) is 2.29. The first-order valence-electron chi connectivity index (χ1n) is 7.58. The summed E-state index contributed by atoms with van der Waals surface area (Å²) >= 11 is 1.65. The second-order valence-corrected chi connectivity index (χ2v) is 6.49. The number of amides is 1. The molecule has 0 bridgehead atoms. The third-order valence-corrected chi connectivity index (χ3v) is 4.32. The largest absolute Gasteiger partial charge is 0.356 e. The van der Waals surface area contributed by atoms with Crippen LogP contribution in [-0.2, 0) is 4.79 Å². The Bertz CT molecular complexity index is 478. The summed E-state index contributed by atoms with van der Waals surface area (Å²) in [7, 11) is 3.47. The van der Waals surface area contributed by atoms with E-state index in [9.17, 15) is 4.79 Å². The van der Waals surface area contributed by atoms with Crippen molar-refractivity contribution in [2.24, 2.45) is 4.99 Å². The zero-order valence-electron chi connectivity index (χ0n) is 14.5. The van der Waals surface area contributed by atoms with Crippen LogP contribution in [0.4, 0.5) is 0 Å². The summed E-state index contributed by atoms with van der Waals surface area (Å²) in [6.07, 6.45) is 2.81. The summed E-state index contributed by atoms with van der Waals surface area (Å²) in [4.78, 5) is 21.9. The van der Waals surface area contributed by atoms with Crippen LogP contribution in [0.5, 0.6) is 0 Å². The molecule has 1 aromatic rings. The molecule has 0 aromatic carbocycles. The molecule has 0 aliphatic heterocycles. The van der Waals surface area contributed by atoms with Crippen molar-refractivity contribution in [3.63, 3.8) is 0 Å². The van der Waals surface area contributed by atoms with Crippen molar-refractivity contribution in [3.8, 4) is 0 Å². The Kier molecular flexibility index (Phi) is 11.2. The zero-order chi connectivity index (χ0) is 16.5. The number of hydrogen-bond donors (Lipinski definition) is 2. The van der Waals surface area contributed by atoms with Gasteiger partial charge in [0.25, 0.3) is 0 Å². The van der Waals surface area contributed by atoms with E-state index < -0.39 is 0 Å². The molecule has 132 valence electrons. The van der Waals surface area contributed by atoms with Gasteiger partial charge in [-0.05, 0) is 13.3 Å². The van der Waals surface area contributed by atoms with E-state index in [0.717, 1.165) is 18.0 Å². The van der Waals surface area contributed by atoms with Gasteiger partial charge in [0.15, 0.2) is 5.96 Å². The fourth-order valence-electron chi connectivity index (χ4n) is 1.59. The van der Waals surface area contributed by atoms with Gasteiger partial charge in [-0.25, -0.2) is 9.98 Å². The number of guanidine groups is 1. The molecule has 0 saturated carbocycles. The first-order valence-corrected chi connectivity index (χ1v) is 8.46. The van der Waals surface area contributed by atoms with Crippen LogP contribution >= 0.6 is 35.3 Å². The number of carbonyl (C=O) groups is 1. The van der Waals surface area contributed by atoms with E-state index in [1.807, 2.05) is 11.6 Å². The van der Waals surface area contributed by atoms with Gasteiger partial charge in [-0.1, -0.05) is 13.8 Å². The van der Waals surface area contributed by atoms with E-state index >= 15 is 0 Å². The number of nitrogens with one attached hydrogen (secondary N) is 2. The predicted molar refractivity (Wildman–Crippen MR) is 108 cm³/mol. The zero-order valence-corrected chi connectivity index (χ0v) is 17.6. The molecular formula is C15H28IN5OS. The van der Waals surface area contributed by atoms with Crippen LogP contribution in [0.2, 0.25) is 0 Å². The van der Waals surface area contributed by atoms with Gasteiger partial charge in [0, 0.05) is 44.2 Å². The van der Waals surface area contributed by atoms with E-state index in [2.05, 4.69) is 41.4 Å². The summed E-state index contributed by atoms with van der Waals surface area (Å²) in [5.41, 5.74) is 0. The summed E-state index contributed by atoms with van der Waals surface area (Å²) in [5, 5.41) is 9.69. The van der Waals surface area contributed by atoms with E-state index in [0.29, 0.717) is 17.9 Å². The quantitative estimate of drug-likeness (QED) is 0.378. The van der Waals surface area contributed by atoms with Crippen molar-refractivity contribution < 1.29 is 4.79 Å². The summed E-state index contributed by atoms with van der Waals surface area (Å²) in [6.45, 7) is 7.20. The lowest BCUT2D eigenvalue weighted by atomic mass is 10.2. The third kappa shape index (κ3) is 8.50.